The molecule has 6 heteroatoms. The summed E-state index contributed by atoms with van der Waals surface area (Å²) in [5, 5.41) is 0. The summed E-state index contributed by atoms with van der Waals surface area (Å²) in [6.07, 6.45) is 5.35. The quantitative estimate of drug-likeness (QED) is 0.612. The molecule has 2 aromatic heterocycles. The highest BCUT2D eigenvalue weighted by molar-refractivity contribution is 6.39. The number of hydrogen-bond acceptors (Lipinski definition) is 4. The number of imidazole rings is 1. The molecule has 3 heterocycles. The second kappa shape index (κ2) is 4.42. The van der Waals surface area contributed by atoms with Crippen LogP contribution in [0.15, 0.2) is 34.5 Å². The molecule has 0 saturated heterocycles. The fraction of sp³-hybridized carbons (Fsp3) is 0.250. The third kappa shape index (κ3) is 1.86. The van der Waals surface area contributed by atoms with Crippen molar-refractivity contribution in [1.82, 2.24) is 9.38 Å². The second-order valence-corrected chi connectivity index (χ2v) is 4.39. The van der Waals surface area contributed by atoms with Gasteiger partial charge < -0.3 is 4.74 Å². The normalized spacial score (nSPS) is 19.0. The lowest BCUT2D eigenvalue weighted by Gasteiger charge is -2.10. The molecule has 3 rings (SSSR count). The molecule has 1 aliphatic rings. The van der Waals surface area contributed by atoms with Gasteiger partial charge in [-0.1, -0.05) is 11.6 Å². The molecular formula is C12H11ClN4O. The van der Waals surface area contributed by atoms with Gasteiger partial charge in [0.1, 0.15) is 22.6 Å². The molecule has 0 spiro atoms. The van der Waals surface area contributed by atoms with Gasteiger partial charge in [0.25, 0.3) is 0 Å². The highest BCUT2D eigenvalue weighted by atomic mass is 35.5. The van der Waals surface area contributed by atoms with Crippen molar-refractivity contribution in [2.45, 2.75) is 5.50 Å². The number of methoxy groups -OCH3 is 1. The van der Waals surface area contributed by atoms with Crippen LogP contribution in [0, 0.1) is 0 Å². The van der Waals surface area contributed by atoms with E-state index in [1.165, 1.54) is 0 Å². The largest absolute Gasteiger partial charge is 0.495 e. The van der Waals surface area contributed by atoms with Crippen LogP contribution in [-0.2, 0) is 0 Å². The van der Waals surface area contributed by atoms with E-state index in [0.717, 1.165) is 22.8 Å². The number of aliphatic imine (C=N–C) groups is 2. The number of aromatic nitrogens is 2. The van der Waals surface area contributed by atoms with Gasteiger partial charge in [0.05, 0.1) is 31.7 Å². The first kappa shape index (κ1) is 11.2. The van der Waals surface area contributed by atoms with Crippen molar-refractivity contribution in [2.75, 3.05) is 13.7 Å². The molecule has 2 aromatic rings. The highest BCUT2D eigenvalue weighted by Crippen LogP contribution is 2.16. The maximum Gasteiger partial charge on any atom is 0.144 e. The van der Waals surface area contributed by atoms with Gasteiger partial charge in [0, 0.05) is 6.21 Å². The number of alkyl halides is 1. The number of rotatable bonds is 2. The van der Waals surface area contributed by atoms with Gasteiger partial charge in [-0.3, -0.25) is 14.4 Å². The molecule has 1 unspecified atom stereocenters. The van der Waals surface area contributed by atoms with Crippen molar-refractivity contribution in [2.24, 2.45) is 9.98 Å². The smallest absolute Gasteiger partial charge is 0.144 e. The molecule has 0 amide bonds. The summed E-state index contributed by atoms with van der Waals surface area (Å²) in [7, 11) is 1.63. The van der Waals surface area contributed by atoms with E-state index in [4.69, 9.17) is 16.3 Å². The zero-order chi connectivity index (χ0) is 12.5. The lowest BCUT2D eigenvalue weighted by Crippen LogP contribution is -2.16. The Labute approximate surface area is 109 Å². The van der Waals surface area contributed by atoms with Crippen molar-refractivity contribution in [3.05, 3.63) is 30.2 Å². The van der Waals surface area contributed by atoms with Crippen LogP contribution in [-0.4, -0.2) is 40.5 Å². The van der Waals surface area contributed by atoms with Crippen LogP contribution in [0.1, 0.15) is 5.69 Å². The van der Waals surface area contributed by atoms with E-state index in [2.05, 4.69) is 15.0 Å². The van der Waals surface area contributed by atoms with Gasteiger partial charge in [-0.05, 0) is 12.1 Å². The minimum Gasteiger partial charge on any atom is -0.495 e. The number of nitrogens with zero attached hydrogens (tertiary/aromatic N) is 4. The van der Waals surface area contributed by atoms with Gasteiger partial charge in [0.15, 0.2) is 0 Å². The molecule has 5 nitrogen and oxygen atoms in total. The van der Waals surface area contributed by atoms with Crippen LogP contribution in [0.2, 0.25) is 0 Å². The maximum absolute atomic E-state index is 5.98. The van der Waals surface area contributed by atoms with E-state index >= 15 is 0 Å². The number of pyridine rings is 1. The molecule has 0 aliphatic carbocycles. The van der Waals surface area contributed by atoms with Crippen LogP contribution in [0.4, 0.5) is 0 Å². The molecule has 18 heavy (non-hydrogen) atoms. The number of fused-ring (bicyclic) bond motifs is 1. The summed E-state index contributed by atoms with van der Waals surface area (Å²) in [6.45, 7) is 0.519. The number of hydrogen-bond donors (Lipinski definition) is 0. The van der Waals surface area contributed by atoms with Crippen molar-refractivity contribution in [3.8, 4) is 5.75 Å². The van der Waals surface area contributed by atoms with E-state index < -0.39 is 0 Å². The zero-order valence-corrected chi connectivity index (χ0v) is 10.5. The predicted molar refractivity (Wildman–Crippen MR) is 71.3 cm³/mol. The molecule has 1 aliphatic heterocycles. The molecular weight excluding hydrogens is 252 g/mol. The fourth-order valence-corrected chi connectivity index (χ4v) is 2.04. The van der Waals surface area contributed by atoms with Gasteiger partial charge in [-0.2, -0.15) is 0 Å². The average Bonchev–Trinajstić information content (AvgIpc) is 2.81. The number of halogens is 1. The topological polar surface area (TPSA) is 51.2 Å². The molecule has 1 atom stereocenters. The Kier molecular flexibility index (Phi) is 2.76. The van der Waals surface area contributed by atoms with Gasteiger partial charge in [-0.25, -0.2) is 4.98 Å². The first-order chi connectivity index (χ1) is 8.78. The summed E-state index contributed by atoms with van der Waals surface area (Å²) < 4.78 is 7.12. The maximum atomic E-state index is 5.98. The summed E-state index contributed by atoms with van der Waals surface area (Å²) in [6, 6.07) is 3.76. The van der Waals surface area contributed by atoms with Crippen LogP contribution in [0.5, 0.6) is 5.75 Å². The molecule has 92 valence electrons. The van der Waals surface area contributed by atoms with Crippen LogP contribution < -0.4 is 4.74 Å². The van der Waals surface area contributed by atoms with E-state index in [1.807, 2.05) is 22.7 Å². The van der Waals surface area contributed by atoms with E-state index in [0.29, 0.717) is 6.54 Å². The van der Waals surface area contributed by atoms with Crippen molar-refractivity contribution >= 4 is 29.2 Å². The van der Waals surface area contributed by atoms with Crippen LogP contribution >= 0.6 is 11.6 Å². The summed E-state index contributed by atoms with van der Waals surface area (Å²) in [4.78, 5) is 12.9. The van der Waals surface area contributed by atoms with Crippen LogP contribution in [0.25, 0.3) is 5.65 Å². The van der Waals surface area contributed by atoms with E-state index in [9.17, 15) is 0 Å². The first-order valence-electron chi connectivity index (χ1n) is 5.51. The standard InChI is InChI=1S/C12H11ClN4O/c1-18-8-2-3-12-15-5-10(17(12)7-8)9-4-14-6-11(13)16-9/h2-5,7,11H,6H2,1H3. The van der Waals surface area contributed by atoms with E-state index in [1.54, 1.807) is 19.5 Å². The summed E-state index contributed by atoms with van der Waals surface area (Å²) in [5.41, 5.74) is 2.12. The molecule has 0 bridgehead atoms. The van der Waals surface area contributed by atoms with Gasteiger partial charge >= 0.3 is 0 Å². The SMILES string of the molecule is COc1ccc2ncc(C3=NC(Cl)CN=C3)n2c1. The Bertz CT molecular complexity index is 647. The minimum absolute atomic E-state index is 0.304. The second-order valence-electron chi connectivity index (χ2n) is 3.88. The van der Waals surface area contributed by atoms with Crippen molar-refractivity contribution < 1.29 is 4.74 Å². The van der Waals surface area contributed by atoms with Crippen molar-refractivity contribution in [3.63, 3.8) is 0 Å². The molecule has 0 saturated carbocycles. The Balaban J connectivity index is 2.14. The summed E-state index contributed by atoms with van der Waals surface area (Å²) in [5.74, 6) is 0.762. The Morgan fingerprint density at radius 3 is 3.11 bits per heavy atom. The Hall–Kier alpha value is -1.88. The Morgan fingerprint density at radius 2 is 2.33 bits per heavy atom. The highest BCUT2D eigenvalue weighted by Gasteiger charge is 2.14. The third-order valence-electron chi connectivity index (χ3n) is 2.73. The lowest BCUT2D eigenvalue weighted by molar-refractivity contribution is 0.412. The molecule has 0 N–H and O–H groups in total. The van der Waals surface area contributed by atoms with E-state index in [-0.39, 0.29) is 5.50 Å². The fourth-order valence-electron chi connectivity index (χ4n) is 1.85. The molecule has 0 fully saturated rings. The average molecular weight is 263 g/mol. The molecule has 0 aromatic carbocycles. The van der Waals surface area contributed by atoms with Gasteiger partial charge in [-0.15, -0.1) is 0 Å². The predicted octanol–water partition coefficient (Wildman–Crippen LogP) is 1.78. The molecule has 0 radical (unpaired) electrons. The number of ether oxygens (including phenoxy) is 1. The Morgan fingerprint density at radius 1 is 1.44 bits per heavy atom. The lowest BCUT2D eigenvalue weighted by atomic mass is 10.3. The third-order valence-corrected chi connectivity index (χ3v) is 2.96. The monoisotopic (exact) mass is 262 g/mol. The van der Waals surface area contributed by atoms with Crippen LogP contribution in [0.3, 0.4) is 0 Å². The zero-order valence-electron chi connectivity index (χ0n) is 9.75. The van der Waals surface area contributed by atoms with Gasteiger partial charge in [0.2, 0.25) is 0 Å². The van der Waals surface area contributed by atoms with Crippen molar-refractivity contribution in [1.29, 1.82) is 0 Å². The summed E-state index contributed by atoms with van der Waals surface area (Å²) >= 11 is 5.98. The first-order valence-corrected chi connectivity index (χ1v) is 5.95. The minimum atomic E-state index is -0.304.